The van der Waals surface area contributed by atoms with E-state index in [1.165, 1.54) is 17.5 Å². The van der Waals surface area contributed by atoms with Crippen LogP contribution in [0.2, 0.25) is 0 Å². The van der Waals surface area contributed by atoms with E-state index in [9.17, 15) is 4.79 Å². The van der Waals surface area contributed by atoms with Gasteiger partial charge < -0.3 is 15.0 Å². The van der Waals surface area contributed by atoms with Crippen molar-refractivity contribution < 1.29 is 9.53 Å². The van der Waals surface area contributed by atoms with Crippen molar-refractivity contribution in [2.45, 2.75) is 44.8 Å². The molecule has 27 heavy (non-hydrogen) atoms. The van der Waals surface area contributed by atoms with Crippen molar-refractivity contribution in [3.8, 4) is 0 Å². The lowest BCUT2D eigenvalue weighted by molar-refractivity contribution is -0.122. The number of nitrogens with one attached hydrogen (secondary N) is 1. The summed E-state index contributed by atoms with van der Waals surface area (Å²) in [5, 5.41) is 4.31. The molecule has 0 radical (unpaired) electrons. The second kappa shape index (κ2) is 7.06. The molecule has 2 saturated carbocycles. The number of nitrogens with zero attached hydrogens (tertiary/aromatic N) is 2. The van der Waals surface area contributed by atoms with Gasteiger partial charge in [0.05, 0.1) is 22.4 Å². The molecule has 1 N–H and O–H groups in total. The number of hydrogen-bond donors (Lipinski definition) is 1. The summed E-state index contributed by atoms with van der Waals surface area (Å²) in [6, 6.07) is 8.52. The van der Waals surface area contributed by atoms with Gasteiger partial charge in [0, 0.05) is 26.6 Å². The molecule has 1 saturated heterocycles. The fraction of sp³-hybridized carbons (Fsp3) is 0.619. The second-order valence-electron chi connectivity index (χ2n) is 8.48. The van der Waals surface area contributed by atoms with Gasteiger partial charge in [-0.1, -0.05) is 23.5 Å². The SMILES string of the molecule is CC(=O)N[C@@H]1C[C@@H]2CN(c3nc4ccccc4s3)C[C@@H]2C[C@H]1OCC1CC1. The molecular formula is C21H27N3O2S. The van der Waals surface area contributed by atoms with Crippen molar-refractivity contribution in [2.75, 3.05) is 24.6 Å². The molecule has 1 amide bonds. The largest absolute Gasteiger partial charge is 0.376 e. The zero-order chi connectivity index (χ0) is 18.4. The van der Waals surface area contributed by atoms with Crippen LogP contribution in [-0.4, -0.2) is 42.7 Å². The minimum Gasteiger partial charge on any atom is -0.376 e. The van der Waals surface area contributed by atoms with Crippen molar-refractivity contribution in [2.24, 2.45) is 17.8 Å². The number of anilines is 1. The van der Waals surface area contributed by atoms with E-state index >= 15 is 0 Å². The minimum absolute atomic E-state index is 0.0551. The van der Waals surface area contributed by atoms with Crippen molar-refractivity contribution in [3.05, 3.63) is 24.3 Å². The first-order valence-corrected chi connectivity index (χ1v) is 11.0. The zero-order valence-corrected chi connectivity index (χ0v) is 16.6. The monoisotopic (exact) mass is 385 g/mol. The summed E-state index contributed by atoms with van der Waals surface area (Å²) in [5.41, 5.74) is 1.09. The summed E-state index contributed by atoms with van der Waals surface area (Å²) < 4.78 is 7.53. The topological polar surface area (TPSA) is 54.5 Å². The van der Waals surface area contributed by atoms with Gasteiger partial charge in [-0.2, -0.15) is 0 Å². The number of rotatable bonds is 5. The van der Waals surface area contributed by atoms with Gasteiger partial charge in [-0.05, 0) is 55.6 Å². The molecule has 1 aliphatic heterocycles. The lowest BCUT2D eigenvalue weighted by atomic mass is 9.77. The Morgan fingerprint density at radius 3 is 2.78 bits per heavy atom. The lowest BCUT2D eigenvalue weighted by Crippen LogP contribution is -2.50. The molecule has 4 atom stereocenters. The first-order chi connectivity index (χ1) is 13.2. The summed E-state index contributed by atoms with van der Waals surface area (Å²) in [5.74, 6) is 2.05. The summed E-state index contributed by atoms with van der Waals surface area (Å²) in [7, 11) is 0. The third-order valence-corrected chi connectivity index (χ3v) is 7.40. The average molecular weight is 386 g/mol. The maximum atomic E-state index is 11.7. The van der Waals surface area contributed by atoms with E-state index in [0.29, 0.717) is 11.8 Å². The molecule has 0 bridgehead atoms. The molecule has 2 aromatic rings. The Balaban J connectivity index is 1.30. The molecule has 5 nitrogen and oxygen atoms in total. The molecule has 144 valence electrons. The molecule has 5 rings (SSSR count). The van der Waals surface area contributed by atoms with Gasteiger partial charge in [0.15, 0.2) is 5.13 Å². The van der Waals surface area contributed by atoms with Crippen molar-refractivity contribution in [3.63, 3.8) is 0 Å². The number of benzene rings is 1. The molecule has 0 spiro atoms. The van der Waals surface area contributed by atoms with E-state index in [4.69, 9.17) is 9.72 Å². The molecule has 0 unspecified atom stereocenters. The summed E-state index contributed by atoms with van der Waals surface area (Å²) in [4.78, 5) is 19.0. The summed E-state index contributed by atoms with van der Waals surface area (Å²) in [6.45, 7) is 4.57. The van der Waals surface area contributed by atoms with Crippen LogP contribution in [-0.2, 0) is 9.53 Å². The van der Waals surface area contributed by atoms with Crippen LogP contribution in [0, 0.1) is 17.8 Å². The van der Waals surface area contributed by atoms with Crippen LogP contribution in [0.5, 0.6) is 0 Å². The normalized spacial score (nSPS) is 30.5. The highest BCUT2D eigenvalue weighted by Crippen LogP contribution is 2.41. The average Bonchev–Trinajstić information content (AvgIpc) is 3.22. The summed E-state index contributed by atoms with van der Waals surface area (Å²) in [6.07, 6.45) is 4.82. The van der Waals surface area contributed by atoms with Gasteiger partial charge in [-0.15, -0.1) is 0 Å². The third kappa shape index (κ3) is 3.69. The Bertz CT molecular complexity index is 801. The van der Waals surface area contributed by atoms with Gasteiger partial charge >= 0.3 is 0 Å². The van der Waals surface area contributed by atoms with Crippen molar-refractivity contribution >= 4 is 32.6 Å². The molecule has 1 aromatic carbocycles. The number of fused-ring (bicyclic) bond motifs is 2. The molecule has 2 aliphatic carbocycles. The smallest absolute Gasteiger partial charge is 0.217 e. The van der Waals surface area contributed by atoms with E-state index in [2.05, 4.69) is 34.5 Å². The van der Waals surface area contributed by atoms with E-state index in [0.717, 1.165) is 49.1 Å². The zero-order valence-electron chi connectivity index (χ0n) is 15.8. The maximum absolute atomic E-state index is 11.7. The Labute approximate surface area is 164 Å². The van der Waals surface area contributed by atoms with E-state index in [-0.39, 0.29) is 18.1 Å². The molecule has 3 fully saturated rings. The first-order valence-electron chi connectivity index (χ1n) is 10.1. The molecule has 6 heteroatoms. The highest BCUT2D eigenvalue weighted by atomic mass is 32.1. The van der Waals surface area contributed by atoms with Crippen LogP contribution in [0.3, 0.4) is 0 Å². The fourth-order valence-corrected chi connectivity index (χ4v) is 5.69. The highest BCUT2D eigenvalue weighted by molar-refractivity contribution is 7.22. The Morgan fingerprint density at radius 1 is 1.26 bits per heavy atom. The molecule has 2 heterocycles. The Morgan fingerprint density at radius 2 is 2.04 bits per heavy atom. The minimum atomic E-state index is 0.0551. The standard InChI is InChI=1S/C21H27N3O2S/c1-13(25)22-18-8-15-10-24(21-23-17-4-2-3-5-20(17)27-21)11-16(15)9-19(18)26-12-14-6-7-14/h2-5,14-16,18-19H,6-12H2,1H3,(H,22,25)/t15-,16+,18-,19-/m1/s1. The van der Waals surface area contributed by atoms with Gasteiger partial charge in [0.2, 0.25) is 5.91 Å². The first kappa shape index (κ1) is 17.4. The quantitative estimate of drug-likeness (QED) is 0.857. The number of thiazole rings is 1. The van der Waals surface area contributed by atoms with Crippen LogP contribution < -0.4 is 10.2 Å². The fourth-order valence-electron chi connectivity index (χ4n) is 4.71. The number of amides is 1. The van der Waals surface area contributed by atoms with Crippen LogP contribution in [0.4, 0.5) is 5.13 Å². The number of carbonyl (C=O) groups excluding carboxylic acids is 1. The predicted octanol–water partition coefficient (Wildman–Crippen LogP) is 3.44. The third-order valence-electron chi connectivity index (χ3n) is 6.30. The van der Waals surface area contributed by atoms with E-state index in [1.807, 2.05) is 0 Å². The van der Waals surface area contributed by atoms with E-state index in [1.54, 1.807) is 18.3 Å². The number of para-hydroxylation sites is 1. The number of carbonyl (C=O) groups is 1. The van der Waals surface area contributed by atoms with Gasteiger partial charge in [0.25, 0.3) is 0 Å². The molecule has 1 aromatic heterocycles. The Kier molecular flexibility index (Phi) is 4.56. The van der Waals surface area contributed by atoms with E-state index < -0.39 is 0 Å². The van der Waals surface area contributed by atoms with Crippen molar-refractivity contribution in [1.82, 2.24) is 10.3 Å². The molecular weight excluding hydrogens is 358 g/mol. The van der Waals surface area contributed by atoms with Gasteiger partial charge in [0.1, 0.15) is 0 Å². The summed E-state index contributed by atoms with van der Waals surface area (Å²) >= 11 is 1.79. The van der Waals surface area contributed by atoms with Crippen molar-refractivity contribution in [1.29, 1.82) is 0 Å². The van der Waals surface area contributed by atoms with Crippen LogP contribution in [0.15, 0.2) is 24.3 Å². The number of ether oxygens (including phenoxy) is 1. The highest BCUT2D eigenvalue weighted by Gasteiger charge is 2.44. The molecule has 3 aliphatic rings. The number of aromatic nitrogens is 1. The second-order valence-corrected chi connectivity index (χ2v) is 9.49. The van der Waals surface area contributed by atoms with Gasteiger partial charge in [-0.25, -0.2) is 4.98 Å². The number of hydrogen-bond acceptors (Lipinski definition) is 5. The van der Waals surface area contributed by atoms with Crippen LogP contribution in [0.1, 0.15) is 32.6 Å². The predicted molar refractivity (Wildman–Crippen MR) is 108 cm³/mol. The lowest BCUT2D eigenvalue weighted by Gasteiger charge is -2.38. The van der Waals surface area contributed by atoms with Crippen LogP contribution >= 0.6 is 11.3 Å². The Hall–Kier alpha value is -1.66. The van der Waals surface area contributed by atoms with Gasteiger partial charge in [-0.3, -0.25) is 4.79 Å². The van der Waals surface area contributed by atoms with Crippen LogP contribution in [0.25, 0.3) is 10.2 Å². The maximum Gasteiger partial charge on any atom is 0.217 e.